The predicted octanol–water partition coefficient (Wildman–Crippen LogP) is 2.08. The molecule has 1 unspecified atom stereocenters. The molecule has 1 aromatic carbocycles. The molecule has 2 rings (SSSR count). The quantitative estimate of drug-likeness (QED) is 0.883. The SMILES string of the molecule is COC1(CNc2cc(C)ccc2C#N)CCOC1. The predicted molar refractivity (Wildman–Crippen MR) is 69.6 cm³/mol. The number of nitriles is 1. The number of aryl methyl sites for hydroxylation is 1. The molecule has 1 aliphatic rings. The van der Waals surface area contributed by atoms with Crippen LogP contribution in [0.1, 0.15) is 17.5 Å². The average Bonchev–Trinajstić information content (AvgIpc) is 2.86. The van der Waals surface area contributed by atoms with Crippen LogP contribution in [0.3, 0.4) is 0 Å². The first kappa shape index (κ1) is 12.9. The summed E-state index contributed by atoms with van der Waals surface area (Å²) in [5.74, 6) is 0. The Morgan fingerprint density at radius 3 is 3.00 bits per heavy atom. The number of anilines is 1. The fraction of sp³-hybridized carbons (Fsp3) is 0.500. The molecule has 1 saturated heterocycles. The average molecular weight is 246 g/mol. The lowest BCUT2D eigenvalue weighted by Crippen LogP contribution is -2.39. The molecule has 18 heavy (non-hydrogen) atoms. The zero-order valence-electron chi connectivity index (χ0n) is 10.8. The van der Waals surface area contributed by atoms with Crippen LogP contribution in [0.4, 0.5) is 5.69 Å². The van der Waals surface area contributed by atoms with Gasteiger partial charge in [0.15, 0.2) is 0 Å². The molecule has 0 amide bonds. The molecule has 1 fully saturated rings. The fourth-order valence-corrected chi connectivity index (χ4v) is 2.12. The third-order valence-corrected chi connectivity index (χ3v) is 3.40. The highest BCUT2D eigenvalue weighted by Gasteiger charge is 2.34. The maximum absolute atomic E-state index is 9.08. The number of nitrogens with one attached hydrogen (secondary N) is 1. The number of rotatable bonds is 4. The Hall–Kier alpha value is -1.57. The highest BCUT2D eigenvalue weighted by Crippen LogP contribution is 2.24. The van der Waals surface area contributed by atoms with Crippen molar-refractivity contribution >= 4 is 5.69 Å². The van der Waals surface area contributed by atoms with Crippen LogP contribution in [0.25, 0.3) is 0 Å². The topological polar surface area (TPSA) is 54.3 Å². The van der Waals surface area contributed by atoms with Crippen molar-refractivity contribution in [3.63, 3.8) is 0 Å². The van der Waals surface area contributed by atoms with Crippen LogP contribution in [0, 0.1) is 18.3 Å². The summed E-state index contributed by atoms with van der Waals surface area (Å²) in [4.78, 5) is 0. The van der Waals surface area contributed by atoms with E-state index in [1.165, 1.54) is 0 Å². The third-order valence-electron chi connectivity index (χ3n) is 3.40. The van der Waals surface area contributed by atoms with Gasteiger partial charge in [-0.05, 0) is 24.6 Å². The van der Waals surface area contributed by atoms with E-state index in [1.54, 1.807) is 7.11 Å². The molecule has 1 aliphatic heterocycles. The standard InChI is InChI=1S/C14H18N2O2/c1-11-3-4-12(8-15)13(7-11)16-9-14(17-2)5-6-18-10-14/h3-4,7,16H,5-6,9-10H2,1-2H3. The van der Waals surface area contributed by atoms with Gasteiger partial charge >= 0.3 is 0 Å². The lowest BCUT2D eigenvalue weighted by atomic mass is 10.0. The summed E-state index contributed by atoms with van der Waals surface area (Å²) in [5, 5.41) is 12.4. The van der Waals surface area contributed by atoms with Gasteiger partial charge in [-0.25, -0.2) is 0 Å². The second-order valence-electron chi connectivity index (χ2n) is 4.70. The van der Waals surface area contributed by atoms with Crippen molar-refractivity contribution in [2.45, 2.75) is 18.9 Å². The highest BCUT2D eigenvalue weighted by atomic mass is 16.5. The molecule has 1 atom stereocenters. The maximum atomic E-state index is 9.08. The van der Waals surface area contributed by atoms with E-state index >= 15 is 0 Å². The van der Waals surface area contributed by atoms with Gasteiger partial charge in [0, 0.05) is 26.7 Å². The first-order valence-electron chi connectivity index (χ1n) is 6.07. The zero-order chi connectivity index (χ0) is 13.0. The molecule has 4 nitrogen and oxygen atoms in total. The van der Waals surface area contributed by atoms with Crippen LogP contribution in [0.2, 0.25) is 0 Å². The van der Waals surface area contributed by atoms with Gasteiger partial charge in [-0.1, -0.05) is 6.07 Å². The molecule has 96 valence electrons. The van der Waals surface area contributed by atoms with Crippen molar-refractivity contribution in [1.82, 2.24) is 0 Å². The summed E-state index contributed by atoms with van der Waals surface area (Å²) < 4.78 is 10.9. The van der Waals surface area contributed by atoms with E-state index in [0.29, 0.717) is 18.7 Å². The molecule has 1 aromatic rings. The Morgan fingerprint density at radius 1 is 1.56 bits per heavy atom. The van der Waals surface area contributed by atoms with Crippen molar-refractivity contribution in [3.8, 4) is 6.07 Å². The Morgan fingerprint density at radius 2 is 2.39 bits per heavy atom. The second-order valence-corrected chi connectivity index (χ2v) is 4.70. The first-order valence-corrected chi connectivity index (χ1v) is 6.07. The van der Waals surface area contributed by atoms with Crippen LogP contribution in [0.15, 0.2) is 18.2 Å². The molecule has 0 radical (unpaired) electrons. The number of benzene rings is 1. The summed E-state index contributed by atoms with van der Waals surface area (Å²) in [5.41, 5.74) is 2.38. The van der Waals surface area contributed by atoms with E-state index in [2.05, 4.69) is 11.4 Å². The van der Waals surface area contributed by atoms with Gasteiger partial charge in [-0.2, -0.15) is 5.26 Å². The van der Waals surface area contributed by atoms with E-state index in [1.807, 2.05) is 25.1 Å². The van der Waals surface area contributed by atoms with Gasteiger partial charge in [0.1, 0.15) is 11.7 Å². The van der Waals surface area contributed by atoms with E-state index in [0.717, 1.165) is 24.3 Å². The van der Waals surface area contributed by atoms with E-state index in [9.17, 15) is 0 Å². The largest absolute Gasteiger partial charge is 0.381 e. The summed E-state index contributed by atoms with van der Waals surface area (Å²) in [7, 11) is 1.71. The molecule has 0 aromatic heterocycles. The van der Waals surface area contributed by atoms with Crippen LogP contribution in [-0.2, 0) is 9.47 Å². The number of methoxy groups -OCH3 is 1. The molecular formula is C14H18N2O2. The minimum Gasteiger partial charge on any atom is -0.381 e. The Bertz CT molecular complexity index is 459. The highest BCUT2D eigenvalue weighted by molar-refractivity contribution is 5.59. The minimum atomic E-state index is -0.267. The summed E-state index contributed by atoms with van der Waals surface area (Å²) in [6, 6.07) is 7.95. The molecule has 1 heterocycles. The van der Waals surface area contributed by atoms with Crippen LogP contribution in [-0.4, -0.2) is 32.5 Å². The third kappa shape index (κ3) is 2.63. The van der Waals surface area contributed by atoms with Crippen molar-refractivity contribution in [3.05, 3.63) is 29.3 Å². The van der Waals surface area contributed by atoms with Gasteiger partial charge in [0.25, 0.3) is 0 Å². The number of nitrogens with zero attached hydrogens (tertiary/aromatic N) is 1. The minimum absolute atomic E-state index is 0.267. The van der Waals surface area contributed by atoms with E-state index < -0.39 is 0 Å². The molecule has 0 aliphatic carbocycles. The fourth-order valence-electron chi connectivity index (χ4n) is 2.12. The Balaban J connectivity index is 2.10. The van der Waals surface area contributed by atoms with Crippen molar-refractivity contribution in [2.75, 3.05) is 32.2 Å². The summed E-state index contributed by atoms with van der Waals surface area (Å²) >= 11 is 0. The lowest BCUT2D eigenvalue weighted by Gasteiger charge is -2.26. The Labute approximate surface area is 108 Å². The van der Waals surface area contributed by atoms with Gasteiger partial charge in [0.2, 0.25) is 0 Å². The van der Waals surface area contributed by atoms with Gasteiger partial charge < -0.3 is 14.8 Å². The molecule has 1 N–H and O–H groups in total. The monoisotopic (exact) mass is 246 g/mol. The lowest BCUT2D eigenvalue weighted by molar-refractivity contribution is -0.00620. The molecule has 0 bridgehead atoms. The van der Waals surface area contributed by atoms with Crippen molar-refractivity contribution in [1.29, 1.82) is 5.26 Å². The van der Waals surface area contributed by atoms with Gasteiger partial charge in [-0.15, -0.1) is 0 Å². The Kier molecular flexibility index (Phi) is 3.85. The number of hydrogen-bond donors (Lipinski definition) is 1. The molecular weight excluding hydrogens is 228 g/mol. The smallest absolute Gasteiger partial charge is 0.110 e. The molecule has 4 heteroatoms. The molecule has 0 spiro atoms. The van der Waals surface area contributed by atoms with Crippen LogP contribution >= 0.6 is 0 Å². The normalized spacial score (nSPS) is 22.7. The summed E-state index contributed by atoms with van der Waals surface area (Å²) in [6.07, 6.45) is 0.879. The number of hydrogen-bond acceptors (Lipinski definition) is 4. The second kappa shape index (κ2) is 5.38. The van der Waals surface area contributed by atoms with E-state index in [-0.39, 0.29) is 5.60 Å². The van der Waals surface area contributed by atoms with Gasteiger partial charge in [-0.3, -0.25) is 0 Å². The van der Waals surface area contributed by atoms with Gasteiger partial charge in [0.05, 0.1) is 17.9 Å². The number of ether oxygens (including phenoxy) is 2. The molecule has 0 saturated carbocycles. The first-order chi connectivity index (χ1) is 8.69. The van der Waals surface area contributed by atoms with Crippen molar-refractivity contribution < 1.29 is 9.47 Å². The van der Waals surface area contributed by atoms with Crippen LogP contribution < -0.4 is 5.32 Å². The van der Waals surface area contributed by atoms with E-state index in [4.69, 9.17) is 14.7 Å². The van der Waals surface area contributed by atoms with Crippen molar-refractivity contribution in [2.24, 2.45) is 0 Å². The maximum Gasteiger partial charge on any atom is 0.110 e. The summed E-state index contributed by atoms with van der Waals surface area (Å²) in [6.45, 7) is 4.00. The zero-order valence-corrected chi connectivity index (χ0v) is 10.8. The van der Waals surface area contributed by atoms with Crippen LogP contribution in [0.5, 0.6) is 0 Å².